The molecule has 4 N–H and O–H groups in total. The van der Waals surface area contributed by atoms with Crippen molar-refractivity contribution in [3.05, 3.63) is 65.2 Å². The molecule has 1 atom stereocenters. The number of allylic oxidation sites excluding steroid dienone is 2. The van der Waals surface area contributed by atoms with Crippen LogP contribution in [0.2, 0.25) is 0 Å². The van der Waals surface area contributed by atoms with Gasteiger partial charge >= 0.3 is 0 Å². The zero-order chi connectivity index (χ0) is 27.7. The number of rotatable bonds is 8. The van der Waals surface area contributed by atoms with E-state index in [9.17, 15) is 9.18 Å². The first-order valence-electron chi connectivity index (χ1n) is 12.8. The summed E-state index contributed by atoms with van der Waals surface area (Å²) in [6, 6.07) is 7.61. The Balaban J connectivity index is 1.46. The minimum Gasteiger partial charge on any atom is -0.498 e. The number of nitrogens with one attached hydrogen (secondary N) is 2. The highest BCUT2D eigenvalue weighted by Crippen LogP contribution is 2.49. The fourth-order valence-electron chi connectivity index (χ4n) is 5.34. The summed E-state index contributed by atoms with van der Waals surface area (Å²) < 4.78 is 41.1. The van der Waals surface area contributed by atoms with E-state index in [2.05, 4.69) is 32.0 Å². The van der Waals surface area contributed by atoms with E-state index in [1.54, 1.807) is 18.5 Å². The van der Waals surface area contributed by atoms with E-state index in [1.165, 1.54) is 14.2 Å². The largest absolute Gasteiger partial charge is 0.498 e. The predicted molar refractivity (Wildman–Crippen MR) is 147 cm³/mol. The van der Waals surface area contributed by atoms with Gasteiger partial charge in [0, 0.05) is 62.5 Å². The molecule has 1 unspecified atom stereocenters. The Kier molecular flexibility index (Phi) is 7.28. The topological polar surface area (TPSA) is 109 Å². The first kappa shape index (κ1) is 26.6. The number of hydrogen-bond acceptors (Lipinski definition) is 8. The van der Waals surface area contributed by atoms with Crippen LogP contribution in [0.1, 0.15) is 18.9 Å². The summed E-state index contributed by atoms with van der Waals surface area (Å²) in [6.45, 7) is 7.13. The third-order valence-corrected chi connectivity index (χ3v) is 7.68. The molecule has 2 aromatic heterocycles. The molecule has 3 heterocycles. The lowest BCUT2D eigenvalue weighted by molar-refractivity contribution is -0.105. The molecule has 1 aliphatic carbocycles. The number of benzene rings is 1. The number of piperazine rings is 1. The summed E-state index contributed by atoms with van der Waals surface area (Å²) in [5, 5.41) is 3.83. The molecular formula is C28H32F2N6O3. The molecule has 3 aromatic rings. The molecule has 11 heteroatoms. The number of nitrogens with zero attached hydrogens (tertiary/aromatic N) is 3. The Morgan fingerprint density at radius 1 is 1.21 bits per heavy atom. The monoisotopic (exact) mass is 538 g/mol. The van der Waals surface area contributed by atoms with Gasteiger partial charge in [0.15, 0.2) is 23.5 Å². The number of aromatic amines is 1. The number of anilines is 4. The smallest absolute Gasteiger partial charge is 0.174 e. The number of H-pyrrole nitrogens is 1. The van der Waals surface area contributed by atoms with Gasteiger partial charge in [0.2, 0.25) is 0 Å². The van der Waals surface area contributed by atoms with Crippen LogP contribution in [0, 0.1) is 0 Å². The van der Waals surface area contributed by atoms with Crippen molar-refractivity contribution in [2.75, 3.05) is 62.9 Å². The van der Waals surface area contributed by atoms with Gasteiger partial charge in [-0.1, -0.05) is 6.92 Å². The second-order valence-corrected chi connectivity index (χ2v) is 9.63. The van der Waals surface area contributed by atoms with Crippen LogP contribution in [-0.4, -0.2) is 68.1 Å². The summed E-state index contributed by atoms with van der Waals surface area (Å²) in [6.07, 6.45) is 3.03. The lowest BCUT2D eigenvalue weighted by atomic mass is 9.82. The lowest BCUT2D eigenvalue weighted by Crippen LogP contribution is -2.46. The molecule has 206 valence electrons. The van der Waals surface area contributed by atoms with Gasteiger partial charge in [-0.3, -0.25) is 4.79 Å². The van der Waals surface area contributed by atoms with Crippen LogP contribution in [0.25, 0.3) is 10.9 Å². The Morgan fingerprint density at radius 3 is 2.62 bits per heavy atom. The molecule has 0 amide bonds. The first-order valence-corrected chi connectivity index (χ1v) is 12.8. The number of methoxy groups -OCH3 is 2. The van der Waals surface area contributed by atoms with Gasteiger partial charge < -0.3 is 35.3 Å². The van der Waals surface area contributed by atoms with E-state index in [-0.39, 0.29) is 18.5 Å². The third kappa shape index (κ3) is 4.61. The summed E-state index contributed by atoms with van der Waals surface area (Å²) >= 11 is 0. The van der Waals surface area contributed by atoms with E-state index in [1.807, 2.05) is 18.2 Å². The first-order chi connectivity index (χ1) is 18.8. The number of hydrogen-bond donors (Lipinski definition) is 3. The maximum absolute atomic E-state index is 15.7. The molecule has 0 spiro atoms. The van der Waals surface area contributed by atoms with Gasteiger partial charge in [0.05, 0.1) is 35.8 Å². The van der Waals surface area contributed by atoms with Crippen LogP contribution in [0.4, 0.5) is 31.7 Å². The highest BCUT2D eigenvalue weighted by atomic mass is 19.1. The predicted octanol–water partition coefficient (Wildman–Crippen LogP) is 4.53. The van der Waals surface area contributed by atoms with Crippen LogP contribution >= 0.6 is 0 Å². The molecule has 0 radical (unpaired) electrons. The number of fused-ring (bicyclic) bond motifs is 1. The Labute approximate surface area is 225 Å². The summed E-state index contributed by atoms with van der Waals surface area (Å²) in [5.74, 6) is -1.76. The molecule has 0 bridgehead atoms. The summed E-state index contributed by atoms with van der Waals surface area (Å²) in [4.78, 5) is 23.9. The van der Waals surface area contributed by atoms with Gasteiger partial charge in [-0.2, -0.15) is 0 Å². The van der Waals surface area contributed by atoms with Crippen molar-refractivity contribution in [1.29, 1.82) is 0 Å². The molecule has 9 nitrogen and oxygen atoms in total. The maximum Gasteiger partial charge on any atom is 0.174 e. The van der Waals surface area contributed by atoms with Gasteiger partial charge in [0.25, 0.3) is 0 Å². The van der Waals surface area contributed by atoms with Crippen LogP contribution in [0.15, 0.2) is 59.6 Å². The lowest BCUT2D eigenvalue weighted by Gasteiger charge is -2.35. The second kappa shape index (κ2) is 10.7. The van der Waals surface area contributed by atoms with Crippen molar-refractivity contribution >= 4 is 40.1 Å². The van der Waals surface area contributed by atoms with Crippen molar-refractivity contribution in [2.24, 2.45) is 0 Å². The molecule has 39 heavy (non-hydrogen) atoms. The number of carbonyl (C=O) groups excluding carboxylic acids is 1. The molecular weight excluding hydrogens is 506 g/mol. The van der Waals surface area contributed by atoms with Crippen molar-refractivity contribution in [3.8, 4) is 0 Å². The second-order valence-electron chi connectivity index (χ2n) is 9.63. The van der Waals surface area contributed by atoms with E-state index >= 15 is 4.39 Å². The third-order valence-electron chi connectivity index (χ3n) is 7.68. The number of aromatic nitrogens is 2. The maximum atomic E-state index is 15.7. The number of carbonyl (C=O) groups is 1. The Morgan fingerprint density at radius 2 is 1.97 bits per heavy atom. The summed E-state index contributed by atoms with van der Waals surface area (Å²) in [5.41, 5.74) is 7.19. The number of ether oxygens (including phenoxy) is 2. The van der Waals surface area contributed by atoms with E-state index in [4.69, 9.17) is 15.2 Å². The van der Waals surface area contributed by atoms with Crippen molar-refractivity contribution in [2.45, 2.75) is 18.9 Å². The fourth-order valence-corrected chi connectivity index (χ4v) is 5.34. The van der Waals surface area contributed by atoms with Crippen LogP contribution in [-0.2, 0) is 19.9 Å². The van der Waals surface area contributed by atoms with Crippen molar-refractivity contribution < 1.29 is 23.0 Å². The minimum absolute atomic E-state index is 0.135. The zero-order valence-corrected chi connectivity index (χ0v) is 22.2. The summed E-state index contributed by atoms with van der Waals surface area (Å²) in [7, 11) is 2.57. The molecule has 1 saturated heterocycles. The van der Waals surface area contributed by atoms with Gasteiger partial charge in [-0.25, -0.2) is 13.8 Å². The van der Waals surface area contributed by atoms with Gasteiger partial charge in [-0.05, 0) is 30.8 Å². The van der Waals surface area contributed by atoms with E-state index in [0.29, 0.717) is 33.7 Å². The van der Waals surface area contributed by atoms with E-state index < -0.39 is 22.8 Å². The van der Waals surface area contributed by atoms with Crippen LogP contribution in [0.3, 0.4) is 0 Å². The number of pyridine rings is 1. The van der Waals surface area contributed by atoms with Gasteiger partial charge in [0.1, 0.15) is 11.6 Å². The van der Waals surface area contributed by atoms with Crippen LogP contribution in [0.5, 0.6) is 0 Å². The molecule has 0 saturated carbocycles. The minimum atomic E-state index is -1.77. The zero-order valence-electron chi connectivity index (χ0n) is 22.2. The number of nitrogens with two attached hydrogens (primary N) is 1. The fraction of sp³-hybridized carbons (Fsp3) is 0.357. The number of halogens is 2. The number of nitrogen functional groups attached to an aromatic ring is 1. The standard InChI is InChI=1S/C28H32F2N6O3/c1-4-35-7-9-36(10-8-35)17-5-6-22(21(31)11-17)34-25-12-18-20(14-32-23(18)15-33-25)28(39-3)13-24(38-2)26(29)19(16-37)27(28)30/h5-6,11-12,14-16,32H,4,7-10,13,31H2,1-3H3,(H,33,34). The normalized spacial score (nSPS) is 20.6. The highest BCUT2D eigenvalue weighted by Gasteiger charge is 2.47. The van der Waals surface area contributed by atoms with Crippen LogP contribution < -0.4 is 16.0 Å². The quantitative estimate of drug-likeness (QED) is 0.284. The highest BCUT2D eigenvalue weighted by molar-refractivity contribution is 5.89. The molecule has 1 aromatic carbocycles. The molecule has 1 aliphatic heterocycles. The average molecular weight is 539 g/mol. The Bertz CT molecular complexity index is 1460. The molecule has 5 rings (SSSR count). The van der Waals surface area contributed by atoms with E-state index in [0.717, 1.165) is 38.4 Å². The van der Waals surface area contributed by atoms with Crippen molar-refractivity contribution in [3.63, 3.8) is 0 Å². The Hall–Kier alpha value is -3.96. The molecule has 1 fully saturated rings. The number of likely N-dealkylation sites (N-methyl/N-ethyl adjacent to an activating group) is 1. The number of aldehydes is 1. The van der Waals surface area contributed by atoms with Crippen molar-refractivity contribution in [1.82, 2.24) is 14.9 Å². The molecule has 2 aliphatic rings. The van der Waals surface area contributed by atoms with Gasteiger partial charge in [-0.15, -0.1) is 0 Å². The SMILES string of the molecule is CCN1CCN(c2ccc(Nc3cc4c(C5(OC)CC(OC)=C(F)C(C=O)=C5F)c[nH]c4cn3)c(N)c2)CC1. The average Bonchev–Trinajstić information content (AvgIpc) is 3.39.